The van der Waals surface area contributed by atoms with E-state index < -0.39 is 0 Å². The van der Waals surface area contributed by atoms with Crippen LogP contribution in [-0.2, 0) is 9.59 Å². The zero-order valence-corrected chi connectivity index (χ0v) is 16.6. The van der Waals surface area contributed by atoms with Gasteiger partial charge >= 0.3 is 0 Å². The highest BCUT2D eigenvalue weighted by Gasteiger charge is 2.05. The van der Waals surface area contributed by atoms with Crippen molar-refractivity contribution in [3.8, 4) is 5.75 Å². The molecule has 0 saturated heterocycles. The van der Waals surface area contributed by atoms with Crippen LogP contribution in [0, 0.1) is 0 Å². The summed E-state index contributed by atoms with van der Waals surface area (Å²) in [6, 6.07) is 14.6. The highest BCUT2D eigenvalue weighted by Crippen LogP contribution is 2.18. The zero-order valence-electron chi connectivity index (χ0n) is 16.6. The molecule has 0 radical (unpaired) electrons. The van der Waals surface area contributed by atoms with Crippen LogP contribution in [0.5, 0.6) is 5.75 Å². The predicted octanol–water partition coefficient (Wildman–Crippen LogP) is 4.65. The molecule has 28 heavy (non-hydrogen) atoms. The maximum Gasteiger partial charge on any atom is 0.243 e. The third kappa shape index (κ3) is 8.12. The van der Waals surface area contributed by atoms with Crippen molar-refractivity contribution in [3.05, 3.63) is 48.5 Å². The van der Waals surface area contributed by atoms with Gasteiger partial charge in [0.2, 0.25) is 11.8 Å². The molecule has 150 valence electrons. The van der Waals surface area contributed by atoms with Gasteiger partial charge in [0.1, 0.15) is 5.75 Å². The summed E-state index contributed by atoms with van der Waals surface area (Å²) in [5.41, 5.74) is 2.14. The van der Waals surface area contributed by atoms with Crippen LogP contribution < -0.4 is 20.7 Å². The smallest absolute Gasteiger partial charge is 0.243 e. The van der Waals surface area contributed by atoms with E-state index >= 15 is 0 Å². The average Bonchev–Trinajstić information content (AvgIpc) is 2.66. The molecule has 2 rings (SSSR count). The van der Waals surface area contributed by atoms with Crippen LogP contribution in [0.1, 0.15) is 39.5 Å². The standard InChI is InChI=1S/C22H29N3O3/c1-3-4-5-6-13-28-21-12-8-11-20(15-21)25-22(27)16-23-18-9-7-10-19(14-18)24-17(2)26/h7-12,14-15,23H,3-6,13,16H2,1-2H3,(H,24,26)(H,25,27). The average molecular weight is 383 g/mol. The molecule has 2 amide bonds. The molecule has 0 aliphatic carbocycles. The molecule has 0 atom stereocenters. The van der Waals surface area contributed by atoms with Gasteiger partial charge in [-0.25, -0.2) is 0 Å². The normalized spacial score (nSPS) is 10.2. The van der Waals surface area contributed by atoms with Crippen molar-refractivity contribution < 1.29 is 14.3 Å². The van der Waals surface area contributed by atoms with E-state index in [1.165, 1.54) is 26.2 Å². The molecule has 2 aromatic carbocycles. The van der Waals surface area contributed by atoms with Gasteiger partial charge in [-0.15, -0.1) is 0 Å². The second-order valence-corrected chi connectivity index (χ2v) is 6.60. The third-order valence-electron chi connectivity index (χ3n) is 4.02. The second kappa shape index (κ2) is 11.6. The Kier molecular flexibility index (Phi) is 8.85. The van der Waals surface area contributed by atoms with Crippen LogP contribution in [0.25, 0.3) is 0 Å². The fourth-order valence-electron chi connectivity index (χ4n) is 2.68. The van der Waals surface area contributed by atoms with Crippen molar-refractivity contribution in [1.29, 1.82) is 0 Å². The van der Waals surface area contributed by atoms with Crippen molar-refractivity contribution in [3.63, 3.8) is 0 Å². The zero-order chi connectivity index (χ0) is 20.2. The van der Waals surface area contributed by atoms with Crippen molar-refractivity contribution in [2.45, 2.75) is 39.5 Å². The number of carbonyl (C=O) groups excluding carboxylic acids is 2. The SMILES string of the molecule is CCCCCCOc1cccc(NC(=O)CNc2cccc(NC(C)=O)c2)c1. The molecule has 0 heterocycles. The Labute approximate surface area is 166 Å². The maximum atomic E-state index is 12.2. The van der Waals surface area contributed by atoms with Gasteiger partial charge < -0.3 is 20.7 Å². The molecule has 0 spiro atoms. The van der Waals surface area contributed by atoms with Crippen LogP contribution in [0.15, 0.2) is 48.5 Å². The first-order valence-corrected chi connectivity index (χ1v) is 9.71. The predicted molar refractivity (Wildman–Crippen MR) is 114 cm³/mol. The first kappa shape index (κ1) is 21.3. The summed E-state index contributed by atoms with van der Waals surface area (Å²) in [6.45, 7) is 4.44. The highest BCUT2D eigenvalue weighted by atomic mass is 16.5. The number of ether oxygens (including phenoxy) is 1. The van der Waals surface area contributed by atoms with Crippen LogP contribution in [0.3, 0.4) is 0 Å². The fourth-order valence-corrected chi connectivity index (χ4v) is 2.68. The summed E-state index contributed by atoms with van der Waals surface area (Å²) < 4.78 is 5.75. The first-order valence-electron chi connectivity index (χ1n) is 9.71. The summed E-state index contributed by atoms with van der Waals surface area (Å²) in [4.78, 5) is 23.3. The van der Waals surface area contributed by atoms with Gasteiger partial charge in [0.15, 0.2) is 0 Å². The van der Waals surface area contributed by atoms with Crippen LogP contribution in [0.4, 0.5) is 17.1 Å². The lowest BCUT2D eigenvalue weighted by Gasteiger charge is -2.11. The van der Waals surface area contributed by atoms with Gasteiger partial charge in [-0.3, -0.25) is 9.59 Å². The van der Waals surface area contributed by atoms with E-state index in [9.17, 15) is 9.59 Å². The molecule has 3 N–H and O–H groups in total. The molecule has 6 nitrogen and oxygen atoms in total. The van der Waals surface area contributed by atoms with Crippen LogP contribution in [0.2, 0.25) is 0 Å². The minimum absolute atomic E-state index is 0.117. The van der Waals surface area contributed by atoms with Crippen LogP contribution >= 0.6 is 0 Å². The van der Waals surface area contributed by atoms with E-state index in [1.54, 1.807) is 12.1 Å². The van der Waals surface area contributed by atoms with E-state index in [2.05, 4.69) is 22.9 Å². The number of hydrogen-bond acceptors (Lipinski definition) is 4. The van der Waals surface area contributed by atoms with Gasteiger partial charge in [-0.1, -0.05) is 38.3 Å². The highest BCUT2D eigenvalue weighted by molar-refractivity contribution is 5.94. The molecular weight excluding hydrogens is 354 g/mol. The fraction of sp³-hybridized carbons (Fsp3) is 0.364. The van der Waals surface area contributed by atoms with E-state index in [1.807, 2.05) is 36.4 Å². The Morgan fingerprint density at radius 2 is 1.61 bits per heavy atom. The van der Waals surface area contributed by atoms with E-state index in [0.717, 1.165) is 17.9 Å². The summed E-state index contributed by atoms with van der Waals surface area (Å²) >= 11 is 0. The van der Waals surface area contributed by atoms with Gasteiger partial charge in [0, 0.05) is 30.1 Å². The van der Waals surface area contributed by atoms with E-state index in [4.69, 9.17) is 4.74 Å². The first-order chi connectivity index (χ1) is 13.6. The number of anilines is 3. The number of nitrogens with one attached hydrogen (secondary N) is 3. The Balaban J connectivity index is 1.79. The number of benzene rings is 2. The molecule has 0 aliphatic heterocycles. The quantitative estimate of drug-likeness (QED) is 0.493. The Bertz CT molecular complexity index is 777. The monoisotopic (exact) mass is 383 g/mol. The van der Waals surface area contributed by atoms with Gasteiger partial charge in [-0.2, -0.15) is 0 Å². The second-order valence-electron chi connectivity index (χ2n) is 6.60. The molecule has 0 saturated carbocycles. The van der Waals surface area contributed by atoms with Gasteiger partial charge in [0.25, 0.3) is 0 Å². The lowest BCUT2D eigenvalue weighted by Crippen LogP contribution is -2.21. The Morgan fingerprint density at radius 3 is 2.36 bits per heavy atom. The number of carbonyl (C=O) groups is 2. The number of unbranched alkanes of at least 4 members (excludes halogenated alkanes) is 3. The summed E-state index contributed by atoms with van der Waals surface area (Å²) in [6.07, 6.45) is 4.63. The minimum atomic E-state index is -0.162. The molecular formula is C22H29N3O3. The number of amides is 2. The Morgan fingerprint density at radius 1 is 0.893 bits per heavy atom. The van der Waals surface area contributed by atoms with Crippen molar-refractivity contribution in [2.24, 2.45) is 0 Å². The molecule has 0 bridgehead atoms. The van der Waals surface area contributed by atoms with Crippen LogP contribution in [-0.4, -0.2) is 25.0 Å². The van der Waals surface area contributed by atoms with Gasteiger partial charge in [0.05, 0.1) is 13.2 Å². The molecule has 0 aromatic heterocycles. The molecule has 6 heteroatoms. The molecule has 0 unspecified atom stereocenters. The lowest BCUT2D eigenvalue weighted by atomic mass is 10.2. The lowest BCUT2D eigenvalue weighted by molar-refractivity contribution is -0.115. The summed E-state index contributed by atoms with van der Waals surface area (Å²) in [5.74, 6) is 0.456. The Hall–Kier alpha value is -3.02. The largest absolute Gasteiger partial charge is 0.494 e. The summed E-state index contributed by atoms with van der Waals surface area (Å²) in [7, 11) is 0. The maximum absolute atomic E-state index is 12.2. The van der Waals surface area contributed by atoms with E-state index in [0.29, 0.717) is 18.0 Å². The summed E-state index contributed by atoms with van der Waals surface area (Å²) in [5, 5.41) is 8.62. The van der Waals surface area contributed by atoms with E-state index in [-0.39, 0.29) is 18.4 Å². The van der Waals surface area contributed by atoms with Gasteiger partial charge in [-0.05, 0) is 36.8 Å². The van der Waals surface area contributed by atoms with Crippen molar-refractivity contribution in [1.82, 2.24) is 0 Å². The molecule has 2 aromatic rings. The molecule has 0 fully saturated rings. The number of hydrogen-bond donors (Lipinski definition) is 3. The third-order valence-corrected chi connectivity index (χ3v) is 4.02. The molecule has 0 aliphatic rings. The van der Waals surface area contributed by atoms with Crippen molar-refractivity contribution in [2.75, 3.05) is 29.1 Å². The topological polar surface area (TPSA) is 79.5 Å². The number of rotatable bonds is 11. The minimum Gasteiger partial charge on any atom is -0.494 e. The van der Waals surface area contributed by atoms with Crippen molar-refractivity contribution >= 4 is 28.9 Å².